The number of nitrogens with zero attached hydrogens (tertiary/aromatic N) is 1. The van der Waals surface area contributed by atoms with Crippen LogP contribution in [0.2, 0.25) is 0 Å². The maximum Gasteiger partial charge on any atom is 0.256 e. The minimum Gasteiger partial charge on any atom is -0.365 e. The average Bonchev–Trinajstić information content (AvgIpc) is 3.24. The van der Waals surface area contributed by atoms with Crippen LogP contribution in [0.4, 0.5) is 9.39 Å². The number of primary amides is 1. The number of thiophene rings is 1. The van der Waals surface area contributed by atoms with Gasteiger partial charge in [-0.05, 0) is 50.5 Å². The van der Waals surface area contributed by atoms with Crippen LogP contribution in [0.25, 0.3) is 0 Å². The lowest BCUT2D eigenvalue weighted by atomic mass is 10.1. The van der Waals surface area contributed by atoms with E-state index in [1.165, 1.54) is 21.7 Å². The number of carbonyl (C=O) groups excluding carboxylic acids is 2. The van der Waals surface area contributed by atoms with Gasteiger partial charge in [0.15, 0.2) is 0 Å². The summed E-state index contributed by atoms with van der Waals surface area (Å²) in [5, 5.41) is 2.86. The summed E-state index contributed by atoms with van der Waals surface area (Å²) in [6.07, 6.45) is 1.43. The molecule has 2 aromatic rings. The molecule has 0 spiro atoms. The van der Waals surface area contributed by atoms with Gasteiger partial charge in [0.25, 0.3) is 11.8 Å². The van der Waals surface area contributed by atoms with Crippen LogP contribution in [0.1, 0.15) is 44.0 Å². The molecule has 0 bridgehead atoms. The van der Waals surface area contributed by atoms with Crippen LogP contribution in [-0.4, -0.2) is 37.6 Å². The Morgan fingerprint density at radius 2 is 1.86 bits per heavy atom. The first kappa shape index (κ1) is 20.4. The van der Waals surface area contributed by atoms with E-state index in [4.69, 9.17) is 5.73 Å². The van der Waals surface area contributed by atoms with Crippen molar-refractivity contribution in [2.24, 2.45) is 5.73 Å². The Bertz CT molecular complexity index is 1060. The largest absolute Gasteiger partial charge is 0.365 e. The lowest BCUT2D eigenvalue weighted by Gasteiger charge is -2.16. The van der Waals surface area contributed by atoms with Crippen LogP contribution in [0, 0.1) is 19.7 Å². The number of nitrogens with one attached hydrogen (secondary N) is 1. The zero-order valence-corrected chi connectivity index (χ0v) is 17.0. The summed E-state index contributed by atoms with van der Waals surface area (Å²) in [5.41, 5.74) is 6.25. The van der Waals surface area contributed by atoms with Crippen molar-refractivity contribution in [2.75, 3.05) is 18.4 Å². The second-order valence-electron chi connectivity index (χ2n) is 6.56. The van der Waals surface area contributed by atoms with Crippen LogP contribution in [0.15, 0.2) is 23.1 Å². The predicted molar refractivity (Wildman–Crippen MR) is 105 cm³/mol. The third-order valence-corrected chi connectivity index (χ3v) is 7.77. The Morgan fingerprint density at radius 1 is 1.21 bits per heavy atom. The molecular weight excluding hydrogens is 405 g/mol. The number of carbonyl (C=O) groups is 2. The van der Waals surface area contributed by atoms with Gasteiger partial charge in [0.1, 0.15) is 15.7 Å². The van der Waals surface area contributed by atoms with Crippen LogP contribution in [0.5, 0.6) is 0 Å². The fourth-order valence-corrected chi connectivity index (χ4v) is 5.77. The second kappa shape index (κ2) is 7.61. The molecule has 0 aliphatic carbocycles. The van der Waals surface area contributed by atoms with E-state index in [1.54, 1.807) is 13.8 Å². The van der Waals surface area contributed by atoms with Crippen molar-refractivity contribution in [3.8, 4) is 0 Å². The lowest BCUT2D eigenvalue weighted by Crippen LogP contribution is -2.29. The Morgan fingerprint density at radius 3 is 2.46 bits per heavy atom. The van der Waals surface area contributed by atoms with Crippen LogP contribution < -0.4 is 11.1 Å². The molecule has 1 aliphatic heterocycles. The summed E-state index contributed by atoms with van der Waals surface area (Å²) in [5.74, 6) is -2.24. The molecule has 2 amide bonds. The molecule has 0 saturated carbocycles. The van der Waals surface area contributed by atoms with E-state index in [1.807, 2.05) is 0 Å². The lowest BCUT2D eigenvalue weighted by molar-refractivity contribution is 0.100. The summed E-state index contributed by atoms with van der Waals surface area (Å²) in [4.78, 5) is 24.6. The maximum absolute atomic E-state index is 14.2. The van der Waals surface area contributed by atoms with Crippen molar-refractivity contribution in [1.82, 2.24) is 4.31 Å². The second-order valence-corrected chi connectivity index (χ2v) is 9.69. The van der Waals surface area contributed by atoms with Crippen molar-refractivity contribution in [3.05, 3.63) is 45.6 Å². The summed E-state index contributed by atoms with van der Waals surface area (Å²) >= 11 is 1.19. The number of anilines is 1. The Kier molecular flexibility index (Phi) is 5.55. The van der Waals surface area contributed by atoms with Crippen molar-refractivity contribution in [2.45, 2.75) is 31.6 Å². The van der Waals surface area contributed by atoms with E-state index in [-0.39, 0.29) is 16.1 Å². The normalized spacial score (nSPS) is 15.0. The number of hydrogen-bond donors (Lipinski definition) is 2. The Hall–Kier alpha value is -2.30. The van der Waals surface area contributed by atoms with Gasteiger partial charge in [-0.1, -0.05) is 0 Å². The van der Waals surface area contributed by atoms with E-state index in [2.05, 4.69) is 5.32 Å². The van der Waals surface area contributed by atoms with Gasteiger partial charge in [0.05, 0.1) is 5.56 Å². The minimum atomic E-state index is -4.02. The number of sulfonamides is 1. The molecule has 1 fully saturated rings. The number of nitrogens with two attached hydrogens (primary N) is 1. The minimum absolute atomic E-state index is 0.0294. The van der Waals surface area contributed by atoms with Crippen molar-refractivity contribution in [1.29, 1.82) is 0 Å². The van der Waals surface area contributed by atoms with Gasteiger partial charge in [0.2, 0.25) is 10.0 Å². The molecule has 3 rings (SSSR count). The fraction of sp³-hybridized carbons (Fsp3) is 0.333. The standard InChI is InChI=1S/C18H20FN3O4S2/c1-10-11(2)27-18(15(10)16(20)23)21-17(24)12-5-6-13(19)14(9-12)28(25,26)22-7-3-4-8-22/h5-6,9H,3-4,7-8H2,1-2H3,(H2,20,23)(H,21,24). The molecule has 28 heavy (non-hydrogen) atoms. The summed E-state index contributed by atoms with van der Waals surface area (Å²) < 4.78 is 40.8. The number of halogens is 1. The van der Waals surface area contributed by atoms with Gasteiger partial charge in [0, 0.05) is 23.5 Å². The SMILES string of the molecule is Cc1sc(NC(=O)c2ccc(F)c(S(=O)(=O)N3CCCC3)c2)c(C(N)=O)c1C. The highest BCUT2D eigenvalue weighted by Gasteiger charge is 2.30. The molecule has 1 aromatic heterocycles. The highest BCUT2D eigenvalue weighted by molar-refractivity contribution is 7.89. The van der Waals surface area contributed by atoms with E-state index in [0.717, 1.165) is 17.0 Å². The molecule has 1 aliphatic rings. The summed E-state index contributed by atoms with van der Waals surface area (Å²) in [6.45, 7) is 4.17. The molecule has 0 unspecified atom stereocenters. The van der Waals surface area contributed by atoms with Crippen molar-refractivity contribution < 1.29 is 22.4 Å². The predicted octanol–water partition coefficient (Wildman–Crippen LogP) is 2.64. The molecule has 10 heteroatoms. The molecule has 7 nitrogen and oxygen atoms in total. The molecule has 150 valence electrons. The number of rotatable bonds is 5. The molecule has 1 aromatic carbocycles. The maximum atomic E-state index is 14.2. The topological polar surface area (TPSA) is 110 Å². The zero-order valence-electron chi connectivity index (χ0n) is 15.4. The smallest absolute Gasteiger partial charge is 0.256 e. The summed E-state index contributed by atoms with van der Waals surface area (Å²) in [6, 6.07) is 3.18. The highest BCUT2D eigenvalue weighted by atomic mass is 32.2. The average molecular weight is 426 g/mol. The van der Waals surface area contributed by atoms with Crippen LogP contribution in [-0.2, 0) is 10.0 Å². The number of benzene rings is 1. The number of hydrogen-bond acceptors (Lipinski definition) is 5. The number of aryl methyl sites for hydroxylation is 1. The van der Waals surface area contributed by atoms with Crippen molar-refractivity contribution >= 4 is 38.2 Å². The van der Waals surface area contributed by atoms with Gasteiger partial charge in [-0.2, -0.15) is 4.31 Å². The van der Waals surface area contributed by atoms with Crippen molar-refractivity contribution in [3.63, 3.8) is 0 Å². The number of amides is 2. The molecule has 0 atom stereocenters. The van der Waals surface area contributed by atoms with E-state index >= 15 is 0 Å². The van der Waals surface area contributed by atoms with Gasteiger partial charge in [-0.3, -0.25) is 9.59 Å². The quantitative estimate of drug-likeness (QED) is 0.767. The molecule has 3 N–H and O–H groups in total. The molecule has 2 heterocycles. The first-order chi connectivity index (χ1) is 13.1. The zero-order chi connectivity index (χ0) is 20.6. The van der Waals surface area contributed by atoms with Gasteiger partial charge >= 0.3 is 0 Å². The van der Waals surface area contributed by atoms with E-state index in [0.29, 0.717) is 31.5 Å². The van der Waals surface area contributed by atoms with E-state index in [9.17, 15) is 22.4 Å². The molecular formula is C18H20FN3O4S2. The van der Waals surface area contributed by atoms with Gasteiger partial charge in [-0.25, -0.2) is 12.8 Å². The first-order valence-corrected chi connectivity index (χ1v) is 10.9. The van der Waals surface area contributed by atoms with Gasteiger partial charge < -0.3 is 11.1 Å². The first-order valence-electron chi connectivity index (χ1n) is 8.63. The van der Waals surface area contributed by atoms with Gasteiger partial charge in [-0.15, -0.1) is 11.3 Å². The van der Waals surface area contributed by atoms with Crippen LogP contribution >= 0.6 is 11.3 Å². The van der Waals surface area contributed by atoms with Crippen LogP contribution in [0.3, 0.4) is 0 Å². The third-order valence-electron chi connectivity index (χ3n) is 4.74. The Labute approximate surface area is 166 Å². The molecule has 1 saturated heterocycles. The third kappa shape index (κ3) is 3.67. The molecule has 0 radical (unpaired) electrons. The fourth-order valence-electron chi connectivity index (χ4n) is 3.10. The van der Waals surface area contributed by atoms with E-state index < -0.39 is 32.6 Å². The highest BCUT2D eigenvalue weighted by Crippen LogP contribution is 2.32. The summed E-state index contributed by atoms with van der Waals surface area (Å²) in [7, 11) is -4.02. The monoisotopic (exact) mass is 425 g/mol. The Balaban J connectivity index is 1.94.